The van der Waals surface area contributed by atoms with E-state index in [1.165, 1.54) is 41.6 Å². The predicted molar refractivity (Wildman–Crippen MR) is 79.3 cm³/mol. The van der Waals surface area contributed by atoms with E-state index in [2.05, 4.69) is 10.3 Å². The third kappa shape index (κ3) is 3.52. The van der Waals surface area contributed by atoms with Gasteiger partial charge >= 0.3 is 0 Å². The molecular weight excluding hydrogens is 310 g/mol. The van der Waals surface area contributed by atoms with Gasteiger partial charge in [0.05, 0.1) is 24.3 Å². The molecule has 2 aromatic heterocycles. The fourth-order valence-electron chi connectivity index (χ4n) is 1.91. The van der Waals surface area contributed by atoms with Crippen LogP contribution in [0, 0.1) is 0 Å². The molecule has 0 bridgehead atoms. The number of sulfonamides is 1. The highest BCUT2D eigenvalue weighted by Gasteiger charge is 2.26. The highest BCUT2D eigenvalue weighted by atomic mass is 32.2. The number of nitrogens with zero attached hydrogens (tertiary/aromatic N) is 2. The Bertz CT molecular complexity index is 690. The van der Waals surface area contributed by atoms with E-state index in [1.54, 1.807) is 11.6 Å². The first-order valence-electron chi connectivity index (χ1n) is 6.71. The minimum atomic E-state index is -3.61. The predicted octanol–water partition coefficient (Wildman–Crippen LogP) is 1.81. The second kappa shape index (κ2) is 5.88. The highest BCUT2D eigenvalue weighted by molar-refractivity contribution is 7.88. The number of furan rings is 1. The summed E-state index contributed by atoms with van der Waals surface area (Å²) < 4.78 is 31.5. The monoisotopic (exact) mass is 327 g/mol. The Balaban J connectivity index is 1.68. The lowest BCUT2D eigenvalue weighted by Gasteiger charge is -2.13. The van der Waals surface area contributed by atoms with Crippen molar-refractivity contribution >= 4 is 21.4 Å². The maximum atomic E-state index is 12.4. The zero-order chi connectivity index (χ0) is 14.9. The molecule has 0 saturated heterocycles. The molecule has 1 aliphatic rings. The normalized spacial score (nSPS) is 15.7. The Kier molecular flexibility index (Phi) is 4.12. The number of thiazole rings is 1. The molecule has 2 aromatic rings. The molecule has 0 unspecified atom stereocenters. The van der Waals surface area contributed by atoms with E-state index < -0.39 is 10.0 Å². The summed E-state index contributed by atoms with van der Waals surface area (Å²) in [4.78, 5) is 4.10. The van der Waals surface area contributed by atoms with E-state index in [1.807, 2.05) is 5.38 Å². The number of hydrogen-bond donors (Lipinski definition) is 1. The summed E-state index contributed by atoms with van der Waals surface area (Å²) in [5.41, 5.74) is 2.41. The van der Waals surface area contributed by atoms with Crippen molar-refractivity contribution in [2.45, 2.75) is 37.1 Å². The Morgan fingerprint density at radius 2 is 2.29 bits per heavy atom. The van der Waals surface area contributed by atoms with Gasteiger partial charge < -0.3 is 9.73 Å². The summed E-state index contributed by atoms with van der Waals surface area (Å²) in [5.74, 6) is 0.641. The molecule has 1 fully saturated rings. The molecule has 6 nitrogen and oxygen atoms in total. The first-order chi connectivity index (χ1) is 10.1. The van der Waals surface area contributed by atoms with Crippen LogP contribution in [0.4, 0.5) is 0 Å². The van der Waals surface area contributed by atoms with Gasteiger partial charge in [-0.3, -0.25) is 0 Å². The van der Waals surface area contributed by atoms with E-state index in [0.29, 0.717) is 18.3 Å². The van der Waals surface area contributed by atoms with Crippen molar-refractivity contribution in [2.75, 3.05) is 7.05 Å². The Morgan fingerprint density at radius 3 is 2.95 bits per heavy atom. The van der Waals surface area contributed by atoms with Gasteiger partial charge in [0.2, 0.25) is 5.09 Å². The molecule has 0 spiro atoms. The maximum absolute atomic E-state index is 12.4. The third-order valence-corrected chi connectivity index (χ3v) is 5.62. The first-order valence-corrected chi connectivity index (χ1v) is 9.09. The van der Waals surface area contributed by atoms with Gasteiger partial charge in [0, 0.05) is 18.5 Å². The molecule has 0 aromatic carbocycles. The number of aromatic nitrogens is 1. The molecule has 3 rings (SSSR count). The molecule has 21 heavy (non-hydrogen) atoms. The molecule has 0 aliphatic heterocycles. The largest absolute Gasteiger partial charge is 0.447 e. The van der Waals surface area contributed by atoms with Crippen LogP contribution in [0.2, 0.25) is 0 Å². The lowest BCUT2D eigenvalue weighted by atomic mass is 10.4. The molecule has 0 radical (unpaired) electrons. The summed E-state index contributed by atoms with van der Waals surface area (Å²) in [5, 5.41) is 5.10. The van der Waals surface area contributed by atoms with Crippen molar-refractivity contribution in [1.82, 2.24) is 14.6 Å². The average Bonchev–Trinajstić information content (AvgIpc) is 2.93. The van der Waals surface area contributed by atoms with Gasteiger partial charge in [-0.2, -0.15) is 4.31 Å². The molecule has 0 atom stereocenters. The highest BCUT2D eigenvalue weighted by Crippen LogP contribution is 2.22. The SMILES string of the molecule is CN(Cc1cscn1)S(=O)(=O)c1ccc(CNC2CC2)o1. The van der Waals surface area contributed by atoms with Gasteiger partial charge in [-0.05, 0) is 25.0 Å². The second-order valence-electron chi connectivity index (χ2n) is 5.12. The molecule has 1 N–H and O–H groups in total. The lowest BCUT2D eigenvalue weighted by Crippen LogP contribution is -2.26. The maximum Gasteiger partial charge on any atom is 0.276 e. The van der Waals surface area contributed by atoms with Crippen LogP contribution in [0.25, 0.3) is 0 Å². The van der Waals surface area contributed by atoms with Crippen LogP contribution in [0.5, 0.6) is 0 Å². The van der Waals surface area contributed by atoms with Crippen molar-refractivity contribution in [3.8, 4) is 0 Å². The summed E-state index contributed by atoms with van der Waals surface area (Å²) in [6, 6.07) is 3.78. The van der Waals surface area contributed by atoms with Crippen LogP contribution in [0.15, 0.2) is 32.5 Å². The Labute approximate surface area is 127 Å². The lowest BCUT2D eigenvalue weighted by molar-refractivity contribution is 0.378. The van der Waals surface area contributed by atoms with Gasteiger partial charge in [-0.25, -0.2) is 13.4 Å². The van der Waals surface area contributed by atoms with Gasteiger partial charge in [0.1, 0.15) is 5.76 Å². The van der Waals surface area contributed by atoms with Crippen molar-refractivity contribution in [3.05, 3.63) is 34.5 Å². The van der Waals surface area contributed by atoms with Gasteiger partial charge in [-0.1, -0.05) is 0 Å². The van der Waals surface area contributed by atoms with Crippen LogP contribution >= 0.6 is 11.3 Å². The summed E-state index contributed by atoms with van der Waals surface area (Å²) >= 11 is 1.44. The van der Waals surface area contributed by atoms with Gasteiger partial charge in [-0.15, -0.1) is 11.3 Å². The number of rotatable bonds is 7. The Hall–Kier alpha value is -1.22. The van der Waals surface area contributed by atoms with E-state index in [-0.39, 0.29) is 11.6 Å². The van der Waals surface area contributed by atoms with E-state index >= 15 is 0 Å². The zero-order valence-electron chi connectivity index (χ0n) is 11.7. The summed E-state index contributed by atoms with van der Waals surface area (Å²) in [6.07, 6.45) is 2.37. The minimum absolute atomic E-state index is 0.0205. The molecule has 0 amide bonds. The average molecular weight is 327 g/mol. The van der Waals surface area contributed by atoms with E-state index in [4.69, 9.17) is 4.42 Å². The van der Waals surface area contributed by atoms with Gasteiger partial charge in [0.15, 0.2) is 0 Å². The molecule has 8 heteroatoms. The Morgan fingerprint density at radius 1 is 1.48 bits per heavy atom. The van der Waals surface area contributed by atoms with Crippen molar-refractivity contribution < 1.29 is 12.8 Å². The fourth-order valence-corrected chi connectivity index (χ4v) is 3.52. The molecular formula is C13H17N3O3S2. The van der Waals surface area contributed by atoms with E-state index in [0.717, 1.165) is 5.69 Å². The molecule has 2 heterocycles. The second-order valence-corrected chi connectivity index (χ2v) is 7.81. The van der Waals surface area contributed by atoms with Crippen LogP contribution in [0.3, 0.4) is 0 Å². The van der Waals surface area contributed by atoms with Crippen molar-refractivity contribution in [3.63, 3.8) is 0 Å². The van der Waals surface area contributed by atoms with Crippen LogP contribution in [-0.4, -0.2) is 30.8 Å². The van der Waals surface area contributed by atoms with Crippen LogP contribution in [0.1, 0.15) is 24.3 Å². The third-order valence-electron chi connectivity index (χ3n) is 3.31. The quantitative estimate of drug-likeness (QED) is 0.839. The van der Waals surface area contributed by atoms with Crippen molar-refractivity contribution in [1.29, 1.82) is 0 Å². The summed E-state index contributed by atoms with van der Waals surface area (Å²) in [7, 11) is -2.09. The molecule has 1 aliphatic carbocycles. The first kappa shape index (κ1) is 14.7. The van der Waals surface area contributed by atoms with Gasteiger partial charge in [0.25, 0.3) is 10.0 Å². The number of hydrogen-bond acceptors (Lipinski definition) is 6. The van der Waals surface area contributed by atoms with E-state index in [9.17, 15) is 8.42 Å². The topological polar surface area (TPSA) is 75.4 Å². The molecule has 1 saturated carbocycles. The number of nitrogens with one attached hydrogen (secondary N) is 1. The standard InChI is InChI=1S/C13H17N3O3S2/c1-16(7-11-8-20-9-15-11)21(17,18)13-5-4-12(19-13)6-14-10-2-3-10/h4-5,8-10,14H,2-3,6-7H2,1H3. The zero-order valence-corrected chi connectivity index (χ0v) is 13.3. The minimum Gasteiger partial charge on any atom is -0.447 e. The fraction of sp³-hybridized carbons (Fsp3) is 0.462. The summed E-state index contributed by atoms with van der Waals surface area (Å²) in [6.45, 7) is 0.804. The van der Waals surface area contributed by atoms with Crippen molar-refractivity contribution in [2.24, 2.45) is 0 Å². The van der Waals surface area contributed by atoms with Crippen LogP contribution < -0.4 is 5.32 Å². The van der Waals surface area contributed by atoms with Crippen LogP contribution in [-0.2, 0) is 23.1 Å². The molecule has 114 valence electrons. The smallest absolute Gasteiger partial charge is 0.276 e.